The molecule has 1 aromatic carbocycles. The largest absolute Gasteiger partial charge is 0.312 e. The van der Waals surface area contributed by atoms with Crippen LogP contribution in [0.25, 0.3) is 0 Å². The number of nitrogens with one attached hydrogen (secondary N) is 1. The first-order chi connectivity index (χ1) is 7.77. The lowest BCUT2D eigenvalue weighted by Gasteiger charge is -2.19. The third kappa shape index (κ3) is 2.06. The van der Waals surface area contributed by atoms with E-state index in [1.54, 1.807) is 0 Å². The molecule has 2 nitrogen and oxygen atoms in total. The van der Waals surface area contributed by atoms with Gasteiger partial charge in [0, 0.05) is 22.6 Å². The molecule has 0 aliphatic heterocycles. The smallest absolute Gasteiger partial charge is 0.0583 e. The molecule has 0 bridgehead atoms. The van der Waals surface area contributed by atoms with E-state index in [0.717, 1.165) is 18.6 Å². The molecule has 0 spiro atoms. The molecule has 1 N–H and O–H groups in total. The van der Waals surface area contributed by atoms with Gasteiger partial charge in [0.05, 0.1) is 5.25 Å². The highest BCUT2D eigenvalue weighted by atomic mass is 32.2. The lowest BCUT2D eigenvalue weighted by Crippen LogP contribution is -2.30. The molecule has 1 aliphatic rings. The van der Waals surface area contributed by atoms with E-state index in [0.29, 0.717) is 0 Å². The zero-order valence-corrected chi connectivity index (χ0v) is 10.7. The van der Waals surface area contributed by atoms with E-state index in [4.69, 9.17) is 0 Å². The minimum atomic E-state index is -0.714. The normalized spacial score (nSPS) is 25.4. The first kappa shape index (κ1) is 11.8. The van der Waals surface area contributed by atoms with Crippen LogP contribution in [-0.2, 0) is 17.2 Å². The number of fused-ring (bicyclic) bond motifs is 1. The highest BCUT2D eigenvalue weighted by Crippen LogP contribution is 2.34. The lowest BCUT2D eigenvalue weighted by molar-refractivity contribution is 0.580. The Bertz CT molecular complexity index is 391. The van der Waals surface area contributed by atoms with E-state index in [-0.39, 0.29) is 11.3 Å². The predicted molar refractivity (Wildman–Crippen MR) is 69.0 cm³/mol. The second kappa shape index (κ2) is 5.11. The average Bonchev–Trinajstić information content (AvgIpc) is 2.67. The van der Waals surface area contributed by atoms with Crippen LogP contribution < -0.4 is 5.32 Å². The summed E-state index contributed by atoms with van der Waals surface area (Å²) in [5.41, 5.74) is 2.69. The van der Waals surface area contributed by atoms with Crippen molar-refractivity contribution < 1.29 is 4.21 Å². The Balaban J connectivity index is 2.24. The first-order valence-corrected chi connectivity index (χ1v) is 7.28. The van der Waals surface area contributed by atoms with Crippen molar-refractivity contribution in [3.8, 4) is 0 Å². The Labute approximate surface area is 99.9 Å². The van der Waals surface area contributed by atoms with Gasteiger partial charge in [0.15, 0.2) is 0 Å². The van der Waals surface area contributed by atoms with Gasteiger partial charge in [0.1, 0.15) is 0 Å². The quantitative estimate of drug-likeness (QED) is 0.868. The molecule has 3 unspecified atom stereocenters. The van der Waals surface area contributed by atoms with Crippen LogP contribution >= 0.6 is 0 Å². The van der Waals surface area contributed by atoms with E-state index >= 15 is 0 Å². The summed E-state index contributed by atoms with van der Waals surface area (Å²) in [6, 6.07) is 8.71. The Morgan fingerprint density at radius 1 is 1.44 bits per heavy atom. The third-order valence-electron chi connectivity index (χ3n) is 3.24. The van der Waals surface area contributed by atoms with Gasteiger partial charge in [-0.25, -0.2) is 0 Å². The second-order valence-electron chi connectivity index (χ2n) is 4.29. The molecule has 1 aromatic rings. The first-order valence-electron chi connectivity index (χ1n) is 5.90. The molecule has 2 rings (SSSR count). The highest BCUT2D eigenvalue weighted by Gasteiger charge is 2.34. The Morgan fingerprint density at radius 3 is 2.88 bits per heavy atom. The van der Waals surface area contributed by atoms with Gasteiger partial charge in [-0.2, -0.15) is 0 Å². The predicted octanol–water partition coefficient (Wildman–Crippen LogP) is 2.03. The van der Waals surface area contributed by atoms with E-state index < -0.39 is 10.8 Å². The fourth-order valence-corrected chi connectivity index (χ4v) is 4.15. The van der Waals surface area contributed by atoms with Crippen molar-refractivity contribution in [2.75, 3.05) is 12.8 Å². The molecule has 0 radical (unpaired) electrons. The molecule has 0 aromatic heterocycles. The fourth-order valence-electron chi connectivity index (χ4n) is 2.50. The van der Waals surface area contributed by atoms with Crippen LogP contribution in [0.5, 0.6) is 0 Å². The van der Waals surface area contributed by atoms with Gasteiger partial charge in [0.25, 0.3) is 0 Å². The van der Waals surface area contributed by atoms with Crippen LogP contribution in [0.3, 0.4) is 0 Å². The van der Waals surface area contributed by atoms with Gasteiger partial charge < -0.3 is 5.32 Å². The number of rotatable bonds is 4. The average molecular weight is 237 g/mol. The third-order valence-corrected chi connectivity index (χ3v) is 5.16. The summed E-state index contributed by atoms with van der Waals surface area (Å²) in [4.78, 5) is 0. The molecule has 88 valence electrons. The van der Waals surface area contributed by atoms with Crippen molar-refractivity contribution in [2.45, 2.75) is 31.1 Å². The SMILES string of the molecule is CCCS(=O)C1Cc2ccccc2C1NC. The summed E-state index contributed by atoms with van der Waals surface area (Å²) in [5.74, 6) is 0.816. The molecule has 3 heteroatoms. The van der Waals surface area contributed by atoms with Gasteiger partial charge >= 0.3 is 0 Å². The van der Waals surface area contributed by atoms with E-state index in [1.807, 2.05) is 7.05 Å². The maximum Gasteiger partial charge on any atom is 0.0583 e. The van der Waals surface area contributed by atoms with E-state index in [1.165, 1.54) is 11.1 Å². The number of hydrogen-bond acceptors (Lipinski definition) is 2. The standard InChI is InChI=1S/C13H19NOS/c1-3-8-16(15)12-9-10-6-4-5-7-11(10)13(12)14-2/h4-7,12-14H,3,8-9H2,1-2H3. The van der Waals surface area contributed by atoms with Gasteiger partial charge in [-0.1, -0.05) is 31.2 Å². The molecule has 0 saturated heterocycles. The maximum absolute atomic E-state index is 12.2. The summed E-state index contributed by atoms with van der Waals surface area (Å²) in [7, 11) is 1.25. The Hall–Kier alpha value is -0.670. The van der Waals surface area contributed by atoms with Crippen LogP contribution in [0, 0.1) is 0 Å². The molecule has 0 fully saturated rings. The number of hydrogen-bond donors (Lipinski definition) is 1. The van der Waals surface area contributed by atoms with Crippen LogP contribution in [0.4, 0.5) is 0 Å². The van der Waals surface area contributed by atoms with Crippen molar-refractivity contribution in [2.24, 2.45) is 0 Å². The topological polar surface area (TPSA) is 29.1 Å². The van der Waals surface area contributed by atoms with Gasteiger partial charge in [-0.05, 0) is 31.0 Å². The second-order valence-corrected chi connectivity index (χ2v) is 6.07. The monoisotopic (exact) mass is 237 g/mol. The zero-order chi connectivity index (χ0) is 11.5. The van der Waals surface area contributed by atoms with Gasteiger partial charge in [-0.3, -0.25) is 4.21 Å². The van der Waals surface area contributed by atoms with Crippen molar-refractivity contribution in [3.63, 3.8) is 0 Å². The minimum absolute atomic E-state index is 0.252. The molecular formula is C13H19NOS. The molecule has 16 heavy (non-hydrogen) atoms. The Morgan fingerprint density at radius 2 is 2.19 bits per heavy atom. The molecule has 0 saturated carbocycles. The fraction of sp³-hybridized carbons (Fsp3) is 0.538. The van der Waals surface area contributed by atoms with E-state index in [9.17, 15) is 4.21 Å². The summed E-state index contributed by atoms with van der Waals surface area (Å²) in [6.07, 6.45) is 1.95. The van der Waals surface area contributed by atoms with Crippen molar-refractivity contribution >= 4 is 10.8 Å². The van der Waals surface area contributed by atoms with Gasteiger partial charge in [0.2, 0.25) is 0 Å². The molecule has 0 heterocycles. The molecule has 1 aliphatic carbocycles. The number of benzene rings is 1. The molecular weight excluding hydrogens is 218 g/mol. The van der Waals surface area contributed by atoms with Crippen LogP contribution in [0.15, 0.2) is 24.3 Å². The Kier molecular flexibility index (Phi) is 3.77. The molecule has 0 amide bonds. The lowest BCUT2D eigenvalue weighted by atomic mass is 10.1. The summed E-state index contributed by atoms with van der Waals surface area (Å²) in [6.45, 7) is 2.09. The summed E-state index contributed by atoms with van der Waals surface area (Å²) >= 11 is 0. The maximum atomic E-state index is 12.2. The highest BCUT2D eigenvalue weighted by molar-refractivity contribution is 7.85. The van der Waals surface area contributed by atoms with Crippen LogP contribution in [0.1, 0.15) is 30.5 Å². The molecule has 3 atom stereocenters. The summed E-state index contributed by atoms with van der Waals surface area (Å²) in [5, 5.41) is 3.57. The van der Waals surface area contributed by atoms with E-state index in [2.05, 4.69) is 36.5 Å². The van der Waals surface area contributed by atoms with Crippen molar-refractivity contribution in [1.29, 1.82) is 0 Å². The van der Waals surface area contributed by atoms with Gasteiger partial charge in [-0.15, -0.1) is 0 Å². The zero-order valence-electron chi connectivity index (χ0n) is 9.90. The van der Waals surface area contributed by atoms with Crippen LogP contribution in [0.2, 0.25) is 0 Å². The summed E-state index contributed by atoms with van der Waals surface area (Å²) < 4.78 is 12.2. The van der Waals surface area contributed by atoms with Crippen molar-refractivity contribution in [3.05, 3.63) is 35.4 Å². The minimum Gasteiger partial charge on any atom is -0.312 e. The van der Waals surface area contributed by atoms with Crippen LogP contribution in [-0.4, -0.2) is 22.3 Å². The van der Waals surface area contributed by atoms with Crippen molar-refractivity contribution in [1.82, 2.24) is 5.32 Å².